The van der Waals surface area contributed by atoms with E-state index >= 15 is 0 Å². The number of ether oxygens (including phenoxy) is 1. The van der Waals surface area contributed by atoms with Crippen molar-refractivity contribution in [2.24, 2.45) is 5.92 Å². The Balaban J connectivity index is 1.49. The molecule has 26 heavy (non-hydrogen) atoms. The van der Waals surface area contributed by atoms with Gasteiger partial charge in [0.2, 0.25) is 0 Å². The monoisotopic (exact) mass is 370 g/mol. The lowest BCUT2D eigenvalue weighted by Gasteiger charge is -2.30. The van der Waals surface area contributed by atoms with Gasteiger partial charge in [-0.25, -0.2) is 4.98 Å². The zero-order valence-electron chi connectivity index (χ0n) is 14.8. The lowest BCUT2D eigenvalue weighted by molar-refractivity contribution is -0.118. The number of likely N-dealkylation sites (tertiary alicyclic amines) is 1. The van der Waals surface area contributed by atoms with Gasteiger partial charge in [0.1, 0.15) is 11.8 Å². The number of nitriles is 1. The third-order valence-electron chi connectivity index (χ3n) is 4.29. The van der Waals surface area contributed by atoms with Gasteiger partial charge in [-0.1, -0.05) is 19.1 Å². The Kier molecular flexibility index (Phi) is 6.21. The first-order chi connectivity index (χ1) is 12.6. The van der Waals surface area contributed by atoms with Gasteiger partial charge in [-0.2, -0.15) is 5.26 Å². The first-order valence-corrected chi connectivity index (χ1v) is 9.60. The van der Waals surface area contributed by atoms with E-state index in [0.717, 1.165) is 31.2 Å². The number of amides is 1. The standard InChI is InChI=1S/C19H22N4O2S/c1-14-5-4-8-23(10-14)11-16-13-26-19(21-16)22-18(24)12-25-17-7-3-2-6-15(17)9-20/h2-3,6-7,13-14H,4-5,8,10-12H2,1H3,(H,21,22,24)/t14-/m0/s1. The van der Waals surface area contributed by atoms with Gasteiger partial charge in [0.25, 0.3) is 5.91 Å². The number of anilines is 1. The molecule has 1 atom stereocenters. The van der Waals surface area contributed by atoms with Gasteiger partial charge in [0, 0.05) is 18.5 Å². The maximum Gasteiger partial charge on any atom is 0.264 e. The molecule has 2 aromatic rings. The number of rotatable bonds is 6. The fraction of sp³-hybridized carbons (Fsp3) is 0.421. The number of hydrogen-bond acceptors (Lipinski definition) is 6. The van der Waals surface area contributed by atoms with Crippen LogP contribution >= 0.6 is 11.3 Å². The van der Waals surface area contributed by atoms with Crippen LogP contribution in [0.15, 0.2) is 29.6 Å². The lowest BCUT2D eigenvalue weighted by Crippen LogP contribution is -2.33. The molecule has 0 spiro atoms. The van der Waals surface area contributed by atoms with E-state index in [0.29, 0.717) is 16.4 Å². The Bertz CT molecular complexity index is 799. The molecule has 0 bridgehead atoms. The third kappa shape index (κ3) is 5.04. The van der Waals surface area contributed by atoms with Crippen molar-refractivity contribution < 1.29 is 9.53 Å². The van der Waals surface area contributed by atoms with E-state index in [2.05, 4.69) is 22.1 Å². The van der Waals surface area contributed by atoms with Gasteiger partial charge < -0.3 is 4.74 Å². The molecular formula is C19H22N4O2S. The van der Waals surface area contributed by atoms with E-state index < -0.39 is 0 Å². The number of hydrogen-bond donors (Lipinski definition) is 1. The molecule has 1 aliphatic heterocycles. The summed E-state index contributed by atoms with van der Waals surface area (Å²) >= 11 is 1.42. The van der Waals surface area contributed by atoms with Gasteiger partial charge in [0.15, 0.2) is 11.7 Å². The highest BCUT2D eigenvalue weighted by atomic mass is 32.1. The van der Waals surface area contributed by atoms with Crippen LogP contribution in [0.25, 0.3) is 0 Å². The van der Waals surface area contributed by atoms with Crippen molar-refractivity contribution in [2.75, 3.05) is 25.0 Å². The summed E-state index contributed by atoms with van der Waals surface area (Å²) in [5.74, 6) is 0.851. The number of aromatic nitrogens is 1. The summed E-state index contributed by atoms with van der Waals surface area (Å²) in [4.78, 5) is 19.0. The van der Waals surface area contributed by atoms with E-state index in [1.54, 1.807) is 24.3 Å². The van der Waals surface area contributed by atoms with E-state index in [1.807, 2.05) is 11.4 Å². The van der Waals surface area contributed by atoms with Crippen molar-refractivity contribution >= 4 is 22.4 Å². The zero-order valence-corrected chi connectivity index (χ0v) is 15.6. The fourth-order valence-electron chi connectivity index (χ4n) is 3.08. The van der Waals surface area contributed by atoms with Gasteiger partial charge in [-0.05, 0) is 37.4 Å². The molecule has 0 radical (unpaired) electrons. The van der Waals surface area contributed by atoms with Crippen molar-refractivity contribution in [1.29, 1.82) is 5.26 Å². The van der Waals surface area contributed by atoms with Crippen LogP contribution in [-0.4, -0.2) is 35.5 Å². The number of nitrogens with one attached hydrogen (secondary N) is 1. The Hall–Kier alpha value is -2.43. The molecule has 1 N–H and O–H groups in total. The van der Waals surface area contributed by atoms with E-state index in [4.69, 9.17) is 10.00 Å². The number of para-hydroxylation sites is 1. The largest absolute Gasteiger partial charge is 0.482 e. The number of nitrogens with zero attached hydrogens (tertiary/aromatic N) is 3. The highest BCUT2D eigenvalue weighted by Gasteiger charge is 2.17. The molecule has 1 aromatic carbocycles. The second-order valence-corrected chi connectivity index (χ2v) is 7.43. The summed E-state index contributed by atoms with van der Waals surface area (Å²) in [6.07, 6.45) is 2.53. The predicted octanol–water partition coefficient (Wildman–Crippen LogP) is 3.26. The minimum Gasteiger partial charge on any atom is -0.482 e. The molecule has 2 heterocycles. The lowest BCUT2D eigenvalue weighted by atomic mass is 10.0. The molecule has 0 aliphatic carbocycles. The molecule has 1 saturated heterocycles. The molecule has 136 valence electrons. The van der Waals surface area contributed by atoms with Crippen LogP contribution in [0.1, 0.15) is 31.0 Å². The third-order valence-corrected chi connectivity index (χ3v) is 5.10. The van der Waals surface area contributed by atoms with Crippen LogP contribution in [0.5, 0.6) is 5.75 Å². The summed E-state index contributed by atoms with van der Waals surface area (Å²) in [5.41, 5.74) is 1.39. The molecule has 3 rings (SSSR count). The van der Waals surface area contributed by atoms with Crippen molar-refractivity contribution in [3.63, 3.8) is 0 Å². The molecule has 1 amide bonds. The van der Waals surface area contributed by atoms with Crippen molar-refractivity contribution in [3.8, 4) is 11.8 Å². The second kappa shape index (κ2) is 8.79. The average molecular weight is 370 g/mol. The molecule has 0 saturated carbocycles. The van der Waals surface area contributed by atoms with Crippen LogP contribution in [0.4, 0.5) is 5.13 Å². The highest BCUT2D eigenvalue weighted by Crippen LogP contribution is 2.21. The Morgan fingerprint density at radius 3 is 3.15 bits per heavy atom. The van der Waals surface area contributed by atoms with Gasteiger partial charge >= 0.3 is 0 Å². The number of carbonyl (C=O) groups excluding carboxylic acids is 1. The summed E-state index contributed by atoms with van der Waals surface area (Å²) < 4.78 is 5.44. The van der Waals surface area contributed by atoms with Crippen LogP contribution in [0.2, 0.25) is 0 Å². The van der Waals surface area contributed by atoms with Crippen molar-refractivity contribution in [3.05, 3.63) is 40.9 Å². The molecule has 1 fully saturated rings. The first-order valence-electron chi connectivity index (χ1n) is 8.72. The summed E-state index contributed by atoms with van der Waals surface area (Å²) in [7, 11) is 0. The Labute approximate surface area is 157 Å². The van der Waals surface area contributed by atoms with E-state index in [9.17, 15) is 4.79 Å². The summed E-state index contributed by atoms with van der Waals surface area (Å²) in [5, 5.41) is 14.4. The van der Waals surface area contributed by atoms with Crippen LogP contribution in [-0.2, 0) is 11.3 Å². The average Bonchev–Trinajstić information content (AvgIpc) is 3.07. The molecule has 1 aromatic heterocycles. The van der Waals surface area contributed by atoms with Crippen LogP contribution in [0.3, 0.4) is 0 Å². The molecule has 6 nitrogen and oxygen atoms in total. The minimum atomic E-state index is -0.287. The maximum atomic E-state index is 12.1. The SMILES string of the molecule is C[C@H]1CCCN(Cc2csc(NC(=O)COc3ccccc3C#N)n2)C1. The topological polar surface area (TPSA) is 78.3 Å². The number of piperidine rings is 1. The smallest absolute Gasteiger partial charge is 0.264 e. The Morgan fingerprint density at radius 1 is 1.50 bits per heavy atom. The number of benzene rings is 1. The van der Waals surface area contributed by atoms with Gasteiger partial charge in [-0.15, -0.1) is 11.3 Å². The highest BCUT2D eigenvalue weighted by molar-refractivity contribution is 7.13. The summed E-state index contributed by atoms with van der Waals surface area (Å²) in [6, 6.07) is 8.89. The minimum absolute atomic E-state index is 0.156. The van der Waals surface area contributed by atoms with Crippen molar-refractivity contribution in [2.45, 2.75) is 26.3 Å². The van der Waals surface area contributed by atoms with E-state index in [-0.39, 0.29) is 12.5 Å². The predicted molar refractivity (Wildman–Crippen MR) is 101 cm³/mol. The number of carbonyl (C=O) groups is 1. The zero-order chi connectivity index (χ0) is 18.4. The molecule has 1 aliphatic rings. The van der Waals surface area contributed by atoms with Gasteiger partial charge in [-0.3, -0.25) is 15.0 Å². The normalized spacial score (nSPS) is 17.5. The fourth-order valence-corrected chi connectivity index (χ4v) is 3.80. The number of thiazole rings is 1. The Morgan fingerprint density at radius 2 is 2.35 bits per heavy atom. The maximum absolute atomic E-state index is 12.1. The summed E-state index contributed by atoms with van der Waals surface area (Å²) in [6.45, 7) is 5.16. The molecular weight excluding hydrogens is 348 g/mol. The van der Waals surface area contributed by atoms with Crippen LogP contribution < -0.4 is 10.1 Å². The quantitative estimate of drug-likeness (QED) is 0.844. The van der Waals surface area contributed by atoms with Gasteiger partial charge in [0.05, 0.1) is 11.3 Å². The van der Waals surface area contributed by atoms with Crippen molar-refractivity contribution in [1.82, 2.24) is 9.88 Å². The first kappa shape index (κ1) is 18.4. The van der Waals surface area contributed by atoms with Crippen LogP contribution in [0, 0.1) is 17.2 Å². The van der Waals surface area contributed by atoms with E-state index in [1.165, 1.54) is 24.2 Å². The molecule has 0 unspecified atom stereocenters. The molecule has 7 heteroatoms. The second-order valence-electron chi connectivity index (χ2n) is 6.57.